The van der Waals surface area contributed by atoms with Crippen molar-refractivity contribution in [2.75, 3.05) is 0 Å². The van der Waals surface area contributed by atoms with Crippen molar-refractivity contribution < 1.29 is 9.87 Å². The smallest absolute Gasteiger partial charge is 0.141 e. The Bertz CT molecular complexity index is 753. The summed E-state index contributed by atoms with van der Waals surface area (Å²) in [4.78, 5) is 0. The first-order valence-electron chi connectivity index (χ1n) is 10.0. The second kappa shape index (κ2) is 6.65. The van der Waals surface area contributed by atoms with E-state index in [2.05, 4.69) is 6.08 Å². The number of hydrogen-bond acceptors (Lipinski definition) is 1. The zero-order chi connectivity index (χ0) is 19.1. The van der Waals surface area contributed by atoms with Gasteiger partial charge in [-0.2, -0.15) is 5.26 Å². The third-order valence-corrected chi connectivity index (χ3v) is 4.90. The molecule has 1 nitrogen and oxygen atoms in total. The molecule has 3 rings (SSSR count). The molecule has 2 saturated carbocycles. The molecule has 0 heterocycles. The Labute approximate surface area is 138 Å². The van der Waals surface area contributed by atoms with Gasteiger partial charge in [-0.1, -0.05) is 18.2 Å². The molecular weight excluding hydrogens is 273 g/mol. The fourth-order valence-electron chi connectivity index (χ4n) is 3.75. The first kappa shape index (κ1) is 11.0. The molecule has 0 bridgehead atoms. The van der Waals surface area contributed by atoms with Crippen LogP contribution in [-0.4, -0.2) is 0 Å². The molecule has 0 aromatic heterocycles. The number of halogens is 1. The number of nitriles is 1. The number of fused-ring (bicyclic) bond motifs is 1. The van der Waals surface area contributed by atoms with Gasteiger partial charge in [0.1, 0.15) is 11.9 Å². The second-order valence-electron chi connectivity index (χ2n) is 6.32. The van der Waals surface area contributed by atoms with E-state index in [1.165, 1.54) is 12.1 Å². The van der Waals surface area contributed by atoms with Crippen LogP contribution >= 0.6 is 0 Å². The Morgan fingerprint density at radius 3 is 2.91 bits per heavy atom. The van der Waals surface area contributed by atoms with E-state index in [1.807, 2.05) is 13.0 Å². The van der Waals surface area contributed by atoms with E-state index in [1.54, 1.807) is 6.07 Å². The van der Waals surface area contributed by atoms with E-state index in [-0.39, 0.29) is 23.8 Å². The van der Waals surface area contributed by atoms with E-state index < -0.39 is 24.5 Å². The Morgan fingerprint density at radius 2 is 2.18 bits per heavy atom. The Morgan fingerprint density at radius 1 is 1.32 bits per heavy atom. The van der Waals surface area contributed by atoms with Gasteiger partial charge in [-0.05, 0) is 86.7 Å². The molecule has 2 aliphatic carbocycles. The van der Waals surface area contributed by atoms with Crippen molar-refractivity contribution in [1.29, 1.82) is 5.26 Å². The highest BCUT2D eigenvalue weighted by atomic mass is 19.1. The summed E-state index contributed by atoms with van der Waals surface area (Å²) < 4.78 is 48.7. The van der Waals surface area contributed by atoms with Crippen molar-refractivity contribution in [3.63, 3.8) is 0 Å². The molecule has 0 N–H and O–H groups in total. The van der Waals surface area contributed by atoms with Crippen molar-refractivity contribution in [3.8, 4) is 6.07 Å². The Kier molecular flexibility index (Phi) is 3.32. The monoisotopic (exact) mass is 301 g/mol. The SMILES string of the molecule is [2H]C1([2H])CC2CC(/C=C/C)CCC2C([2H])([2H])C1c1ccc(C#N)c(F)c1. The van der Waals surface area contributed by atoms with Crippen LogP contribution in [0, 0.1) is 34.9 Å². The van der Waals surface area contributed by atoms with E-state index in [9.17, 15) is 4.39 Å². The van der Waals surface area contributed by atoms with Crippen LogP contribution in [0.25, 0.3) is 0 Å². The number of hydrogen-bond donors (Lipinski definition) is 0. The molecule has 2 aliphatic rings. The molecule has 2 fully saturated rings. The van der Waals surface area contributed by atoms with Crippen LogP contribution < -0.4 is 0 Å². The molecule has 0 radical (unpaired) electrons. The van der Waals surface area contributed by atoms with Crippen molar-refractivity contribution in [2.24, 2.45) is 17.8 Å². The number of benzene rings is 1. The van der Waals surface area contributed by atoms with E-state index in [0.717, 1.165) is 25.3 Å². The van der Waals surface area contributed by atoms with Crippen LogP contribution in [0.5, 0.6) is 0 Å². The second-order valence-corrected chi connectivity index (χ2v) is 6.32. The molecule has 22 heavy (non-hydrogen) atoms. The molecule has 4 unspecified atom stereocenters. The van der Waals surface area contributed by atoms with Crippen molar-refractivity contribution in [2.45, 2.75) is 51.3 Å². The van der Waals surface area contributed by atoms with Gasteiger partial charge >= 0.3 is 0 Å². The molecule has 0 aliphatic heterocycles. The highest BCUT2D eigenvalue weighted by Crippen LogP contribution is 2.47. The van der Waals surface area contributed by atoms with Crippen LogP contribution in [0.1, 0.15) is 67.9 Å². The molecule has 0 amide bonds. The maximum Gasteiger partial charge on any atom is 0.141 e. The maximum atomic E-state index is 14.1. The lowest BCUT2D eigenvalue weighted by atomic mass is 9.64. The van der Waals surface area contributed by atoms with Crippen molar-refractivity contribution in [3.05, 3.63) is 47.3 Å². The molecular formula is C20H24FN. The normalized spacial score (nSPS) is 39.0. The fourth-order valence-corrected chi connectivity index (χ4v) is 3.75. The summed E-state index contributed by atoms with van der Waals surface area (Å²) in [6.45, 7) is 1.97. The van der Waals surface area contributed by atoms with Gasteiger partial charge in [0.25, 0.3) is 0 Å². The first-order chi connectivity index (χ1) is 12.2. The quantitative estimate of drug-likeness (QED) is 0.655. The van der Waals surface area contributed by atoms with Gasteiger partial charge in [0.2, 0.25) is 0 Å². The zero-order valence-electron chi connectivity index (χ0n) is 16.8. The van der Waals surface area contributed by atoms with Crippen LogP contribution in [-0.2, 0) is 0 Å². The molecule has 0 saturated heterocycles. The summed E-state index contributed by atoms with van der Waals surface area (Å²) >= 11 is 0. The largest absolute Gasteiger partial charge is 0.206 e. The van der Waals surface area contributed by atoms with Gasteiger partial charge in [0, 0.05) is 5.48 Å². The average Bonchev–Trinajstić information content (AvgIpc) is 2.53. The molecule has 4 atom stereocenters. The van der Waals surface area contributed by atoms with Crippen molar-refractivity contribution in [1.82, 2.24) is 0 Å². The number of nitrogens with zero attached hydrogens (tertiary/aromatic N) is 1. The summed E-state index contributed by atoms with van der Waals surface area (Å²) in [6.07, 6.45) is 3.36. The lowest BCUT2D eigenvalue weighted by Crippen LogP contribution is -2.30. The molecule has 0 spiro atoms. The summed E-state index contributed by atoms with van der Waals surface area (Å²) in [5.74, 6) is -1.59. The summed E-state index contributed by atoms with van der Waals surface area (Å²) in [7, 11) is 0. The van der Waals surface area contributed by atoms with E-state index in [0.29, 0.717) is 11.5 Å². The van der Waals surface area contributed by atoms with Crippen molar-refractivity contribution >= 4 is 0 Å². The van der Waals surface area contributed by atoms with Gasteiger partial charge in [-0.3, -0.25) is 0 Å². The van der Waals surface area contributed by atoms with Gasteiger partial charge in [-0.15, -0.1) is 0 Å². The maximum absolute atomic E-state index is 14.1. The van der Waals surface area contributed by atoms with Crippen LogP contribution in [0.15, 0.2) is 30.4 Å². The van der Waals surface area contributed by atoms with Gasteiger partial charge in [0.05, 0.1) is 5.56 Å². The van der Waals surface area contributed by atoms with Gasteiger partial charge < -0.3 is 0 Å². The molecule has 1 aromatic carbocycles. The van der Waals surface area contributed by atoms with Gasteiger partial charge in [-0.25, -0.2) is 4.39 Å². The standard InChI is InChI=1S/C20H24FN/c1-2-3-14-4-5-16-11-17(7-6-15(16)10-14)18-8-9-19(13-22)20(21)12-18/h2-3,8-9,12,14-17H,4-7,10-11H2,1H3/b3-2+/i7D2,11D2. The van der Waals surface area contributed by atoms with E-state index >= 15 is 0 Å². The zero-order valence-corrected chi connectivity index (χ0v) is 12.8. The Hall–Kier alpha value is -1.62. The highest BCUT2D eigenvalue weighted by molar-refractivity contribution is 5.35. The highest BCUT2D eigenvalue weighted by Gasteiger charge is 2.35. The minimum Gasteiger partial charge on any atom is -0.206 e. The average molecular weight is 301 g/mol. The van der Waals surface area contributed by atoms with Crippen LogP contribution in [0.3, 0.4) is 0 Å². The lowest BCUT2D eigenvalue weighted by molar-refractivity contribution is 0.133. The van der Waals surface area contributed by atoms with Crippen LogP contribution in [0.4, 0.5) is 4.39 Å². The minimum atomic E-state index is -1.76. The number of allylic oxidation sites excluding steroid dienone is 2. The van der Waals surface area contributed by atoms with Gasteiger partial charge in [0.15, 0.2) is 0 Å². The summed E-state index contributed by atoms with van der Waals surface area (Å²) in [5, 5.41) is 8.90. The third kappa shape index (κ3) is 3.09. The molecule has 1 aromatic rings. The summed E-state index contributed by atoms with van der Waals surface area (Å²) in [6, 6.07) is 5.74. The van der Waals surface area contributed by atoms with E-state index in [4.69, 9.17) is 10.7 Å². The fraction of sp³-hybridized carbons (Fsp3) is 0.550. The predicted octanol–water partition coefficient (Wildman–Crippen LogP) is 5.57. The Balaban J connectivity index is 1.97. The predicted molar refractivity (Wildman–Crippen MR) is 86.8 cm³/mol. The third-order valence-electron chi connectivity index (χ3n) is 4.90. The first-order valence-corrected chi connectivity index (χ1v) is 8.03. The molecule has 2 heteroatoms. The molecule has 116 valence electrons. The minimum absolute atomic E-state index is 0.00516. The summed E-state index contributed by atoms with van der Waals surface area (Å²) in [5.41, 5.74) is 0.209. The lowest BCUT2D eigenvalue weighted by Gasteiger charge is -2.41. The topological polar surface area (TPSA) is 23.8 Å². The van der Waals surface area contributed by atoms with Crippen LogP contribution in [0.2, 0.25) is 0 Å². The number of rotatable bonds is 2.